The molecule has 1 aromatic carbocycles. The van der Waals surface area contributed by atoms with Crippen LogP contribution >= 0.6 is 0 Å². The van der Waals surface area contributed by atoms with Crippen molar-refractivity contribution in [2.45, 2.75) is 19.3 Å². The number of anilines is 2. The van der Waals surface area contributed by atoms with E-state index in [4.69, 9.17) is 5.73 Å². The third-order valence-electron chi connectivity index (χ3n) is 4.68. The molecule has 114 valence electrons. The molecule has 2 aliphatic rings. The molecule has 2 aromatic rings. The molecule has 1 aliphatic heterocycles. The number of nitrogens with zero attached hydrogens (tertiary/aromatic N) is 3. The number of rotatable bonds is 1. The molecule has 3 N–H and O–H groups in total. The number of benzene rings is 1. The van der Waals surface area contributed by atoms with Gasteiger partial charge in [0, 0.05) is 37.3 Å². The Morgan fingerprint density at radius 2 is 1.95 bits per heavy atom. The highest BCUT2D eigenvalue weighted by Crippen LogP contribution is 2.41. The van der Waals surface area contributed by atoms with Gasteiger partial charge in [-0.05, 0) is 17.9 Å². The summed E-state index contributed by atoms with van der Waals surface area (Å²) in [4.78, 5) is 11.5. The first-order chi connectivity index (χ1) is 10.7. The summed E-state index contributed by atoms with van der Waals surface area (Å²) >= 11 is 0. The van der Waals surface area contributed by atoms with E-state index in [1.165, 1.54) is 16.7 Å². The van der Waals surface area contributed by atoms with Crippen LogP contribution in [0.15, 0.2) is 24.3 Å². The predicted octanol–water partition coefficient (Wildman–Crippen LogP) is 1.79. The molecule has 1 saturated heterocycles. The van der Waals surface area contributed by atoms with Gasteiger partial charge in [-0.1, -0.05) is 31.2 Å². The zero-order valence-electron chi connectivity index (χ0n) is 12.8. The van der Waals surface area contributed by atoms with Crippen molar-refractivity contribution in [2.24, 2.45) is 0 Å². The van der Waals surface area contributed by atoms with Gasteiger partial charge in [0.2, 0.25) is 5.95 Å². The molecule has 1 atom stereocenters. The quantitative estimate of drug-likeness (QED) is 0.839. The summed E-state index contributed by atoms with van der Waals surface area (Å²) in [6, 6.07) is 8.52. The fraction of sp³-hybridized carbons (Fsp3) is 0.412. The van der Waals surface area contributed by atoms with Crippen LogP contribution in [0.4, 0.5) is 11.8 Å². The van der Waals surface area contributed by atoms with E-state index in [9.17, 15) is 0 Å². The Morgan fingerprint density at radius 1 is 1.18 bits per heavy atom. The van der Waals surface area contributed by atoms with Crippen molar-refractivity contribution in [1.82, 2.24) is 15.3 Å². The summed E-state index contributed by atoms with van der Waals surface area (Å²) in [6.07, 6.45) is 0.978. The van der Waals surface area contributed by atoms with Crippen molar-refractivity contribution in [1.29, 1.82) is 0 Å². The van der Waals surface area contributed by atoms with Crippen molar-refractivity contribution in [2.75, 3.05) is 36.8 Å². The Balaban J connectivity index is 1.89. The van der Waals surface area contributed by atoms with E-state index in [1.54, 1.807) is 0 Å². The second kappa shape index (κ2) is 5.25. The zero-order chi connectivity index (χ0) is 15.1. The van der Waals surface area contributed by atoms with Crippen LogP contribution in [-0.2, 0) is 6.42 Å². The second-order valence-corrected chi connectivity index (χ2v) is 6.16. The van der Waals surface area contributed by atoms with E-state index < -0.39 is 0 Å². The largest absolute Gasteiger partial charge is 0.368 e. The van der Waals surface area contributed by atoms with Gasteiger partial charge in [0.05, 0.1) is 5.69 Å². The van der Waals surface area contributed by atoms with Gasteiger partial charge in [-0.15, -0.1) is 0 Å². The first-order valence-electron chi connectivity index (χ1n) is 7.95. The van der Waals surface area contributed by atoms with Gasteiger partial charge in [0.25, 0.3) is 0 Å². The lowest BCUT2D eigenvalue weighted by Gasteiger charge is -2.33. The van der Waals surface area contributed by atoms with Crippen molar-refractivity contribution < 1.29 is 0 Å². The SMILES string of the molecule is CC1Cc2c(nc(N)nc2N2CCNCC2)-c2ccccc21. The summed E-state index contributed by atoms with van der Waals surface area (Å²) in [7, 11) is 0. The first kappa shape index (κ1) is 13.5. The van der Waals surface area contributed by atoms with Crippen molar-refractivity contribution in [3.63, 3.8) is 0 Å². The minimum atomic E-state index is 0.372. The molecule has 0 amide bonds. The first-order valence-corrected chi connectivity index (χ1v) is 7.95. The minimum absolute atomic E-state index is 0.372. The van der Waals surface area contributed by atoms with E-state index in [0.717, 1.165) is 44.1 Å². The molecule has 0 bridgehead atoms. The summed E-state index contributed by atoms with van der Waals surface area (Å²) in [5, 5.41) is 3.39. The number of piperazine rings is 1. The maximum absolute atomic E-state index is 6.02. The Morgan fingerprint density at radius 3 is 2.77 bits per heavy atom. The van der Waals surface area contributed by atoms with Gasteiger partial charge < -0.3 is 16.0 Å². The van der Waals surface area contributed by atoms with Crippen LogP contribution in [0.3, 0.4) is 0 Å². The maximum Gasteiger partial charge on any atom is 0.222 e. The van der Waals surface area contributed by atoms with E-state index in [1.807, 2.05) is 0 Å². The normalized spacial score (nSPS) is 20.4. The van der Waals surface area contributed by atoms with Gasteiger partial charge >= 0.3 is 0 Å². The number of nitrogens with one attached hydrogen (secondary N) is 1. The number of hydrogen-bond acceptors (Lipinski definition) is 5. The molecule has 1 fully saturated rings. The Hall–Kier alpha value is -2.14. The molecule has 5 nitrogen and oxygen atoms in total. The summed E-state index contributed by atoms with van der Waals surface area (Å²) in [6.45, 7) is 6.20. The van der Waals surface area contributed by atoms with Gasteiger partial charge in [0.15, 0.2) is 0 Å². The monoisotopic (exact) mass is 295 g/mol. The standard InChI is InChI=1S/C17H21N5/c1-11-10-14-15(13-5-3-2-4-12(11)13)20-17(18)21-16(14)22-8-6-19-7-9-22/h2-5,11,19H,6-10H2,1H3,(H2,18,20,21). The van der Waals surface area contributed by atoms with Crippen LogP contribution in [0.2, 0.25) is 0 Å². The fourth-order valence-electron chi connectivity index (χ4n) is 3.60. The molecule has 5 heteroatoms. The molecule has 4 rings (SSSR count). The number of nitrogens with two attached hydrogens (primary N) is 1. The molecule has 1 aromatic heterocycles. The topological polar surface area (TPSA) is 67.1 Å². The fourth-order valence-corrected chi connectivity index (χ4v) is 3.60. The van der Waals surface area contributed by atoms with E-state index in [-0.39, 0.29) is 0 Å². The average molecular weight is 295 g/mol. The van der Waals surface area contributed by atoms with Crippen LogP contribution in [0, 0.1) is 0 Å². The third-order valence-corrected chi connectivity index (χ3v) is 4.68. The molecule has 1 unspecified atom stereocenters. The van der Waals surface area contributed by atoms with Gasteiger partial charge in [-0.2, -0.15) is 4.98 Å². The summed E-state index contributed by atoms with van der Waals surface area (Å²) in [5.41, 5.74) is 10.9. The highest BCUT2D eigenvalue weighted by Gasteiger charge is 2.28. The molecular weight excluding hydrogens is 274 g/mol. The highest BCUT2D eigenvalue weighted by molar-refractivity contribution is 5.76. The van der Waals surface area contributed by atoms with Crippen LogP contribution in [-0.4, -0.2) is 36.1 Å². The van der Waals surface area contributed by atoms with E-state index >= 15 is 0 Å². The lowest BCUT2D eigenvalue weighted by Crippen LogP contribution is -2.44. The van der Waals surface area contributed by atoms with Crippen molar-refractivity contribution in [3.8, 4) is 11.3 Å². The Bertz CT molecular complexity index is 706. The number of hydrogen-bond donors (Lipinski definition) is 2. The lowest BCUT2D eigenvalue weighted by atomic mass is 9.82. The summed E-state index contributed by atoms with van der Waals surface area (Å²) < 4.78 is 0. The second-order valence-electron chi connectivity index (χ2n) is 6.16. The van der Waals surface area contributed by atoms with Gasteiger partial charge in [-0.3, -0.25) is 0 Å². The number of fused-ring (bicyclic) bond motifs is 3. The van der Waals surface area contributed by atoms with Crippen LogP contribution in [0.25, 0.3) is 11.3 Å². The lowest BCUT2D eigenvalue weighted by molar-refractivity contribution is 0.581. The molecule has 2 heterocycles. The van der Waals surface area contributed by atoms with Crippen molar-refractivity contribution in [3.05, 3.63) is 35.4 Å². The van der Waals surface area contributed by atoms with Crippen LogP contribution in [0.5, 0.6) is 0 Å². The molecular formula is C17H21N5. The van der Waals surface area contributed by atoms with E-state index in [2.05, 4.69) is 51.4 Å². The summed E-state index contributed by atoms with van der Waals surface area (Å²) in [5.74, 6) is 1.89. The van der Waals surface area contributed by atoms with Crippen molar-refractivity contribution >= 4 is 11.8 Å². The zero-order valence-corrected chi connectivity index (χ0v) is 12.8. The molecule has 1 aliphatic carbocycles. The number of nitrogen functional groups attached to an aromatic ring is 1. The smallest absolute Gasteiger partial charge is 0.222 e. The van der Waals surface area contributed by atoms with Gasteiger partial charge in [0.1, 0.15) is 5.82 Å². The van der Waals surface area contributed by atoms with Gasteiger partial charge in [-0.25, -0.2) is 4.98 Å². The molecule has 0 radical (unpaired) electrons. The predicted molar refractivity (Wildman–Crippen MR) is 89.1 cm³/mol. The van der Waals surface area contributed by atoms with E-state index in [0.29, 0.717) is 11.9 Å². The third kappa shape index (κ3) is 2.13. The number of aromatic nitrogens is 2. The van der Waals surface area contributed by atoms with Crippen LogP contribution in [0.1, 0.15) is 24.0 Å². The molecule has 0 spiro atoms. The highest BCUT2D eigenvalue weighted by atomic mass is 15.2. The Labute approximate surface area is 130 Å². The average Bonchev–Trinajstić information content (AvgIpc) is 2.56. The Kier molecular flexibility index (Phi) is 3.22. The molecule has 22 heavy (non-hydrogen) atoms. The molecule has 0 saturated carbocycles. The maximum atomic E-state index is 6.02. The van der Waals surface area contributed by atoms with Crippen LogP contribution < -0.4 is 16.0 Å². The minimum Gasteiger partial charge on any atom is -0.368 e.